The van der Waals surface area contributed by atoms with E-state index in [1.54, 1.807) is 6.07 Å². The van der Waals surface area contributed by atoms with Crippen molar-refractivity contribution in [3.63, 3.8) is 0 Å². The van der Waals surface area contributed by atoms with Crippen LogP contribution in [0.2, 0.25) is 0 Å². The van der Waals surface area contributed by atoms with Gasteiger partial charge in [0, 0.05) is 5.56 Å². The van der Waals surface area contributed by atoms with Crippen molar-refractivity contribution in [2.24, 2.45) is 5.73 Å². The monoisotopic (exact) mass is 217 g/mol. The maximum absolute atomic E-state index is 11.0. The third kappa shape index (κ3) is 2.08. The molecule has 1 aromatic rings. The smallest absolute Gasteiger partial charge is 0.248 e. The van der Waals surface area contributed by atoms with Gasteiger partial charge in [0.2, 0.25) is 5.91 Å². The zero-order valence-corrected chi connectivity index (χ0v) is 9.27. The number of benzene rings is 1. The maximum atomic E-state index is 11.0. The molecule has 1 amide bonds. The Morgan fingerprint density at radius 3 is 3.06 bits per heavy atom. The van der Waals surface area contributed by atoms with E-state index >= 15 is 0 Å². The number of rotatable bonds is 2. The molecule has 3 nitrogen and oxygen atoms in total. The van der Waals surface area contributed by atoms with Crippen molar-refractivity contribution in [2.75, 3.05) is 0 Å². The molecular formula is C13H15NO2. The Labute approximate surface area is 94.9 Å². The van der Waals surface area contributed by atoms with Gasteiger partial charge in [0.15, 0.2) is 0 Å². The number of fused-ring (bicyclic) bond motifs is 1. The number of nitrogens with two attached hydrogens (primary N) is 1. The minimum Gasteiger partial charge on any atom is -0.486 e. The summed E-state index contributed by atoms with van der Waals surface area (Å²) in [5.41, 5.74) is 6.85. The zero-order valence-electron chi connectivity index (χ0n) is 9.27. The molecule has 0 saturated heterocycles. The summed E-state index contributed by atoms with van der Waals surface area (Å²) in [6, 6.07) is 5.36. The molecule has 1 heterocycles. The second-order valence-corrected chi connectivity index (χ2v) is 3.91. The van der Waals surface area contributed by atoms with Crippen LogP contribution in [0.3, 0.4) is 0 Å². The lowest BCUT2D eigenvalue weighted by molar-refractivity contribution is 0.1000. The largest absolute Gasteiger partial charge is 0.486 e. The van der Waals surface area contributed by atoms with E-state index in [1.165, 1.54) is 0 Å². The number of ether oxygens (including phenoxy) is 1. The number of carbonyl (C=O) groups excluding carboxylic acids is 1. The lowest BCUT2D eigenvalue weighted by atomic mass is 9.99. The van der Waals surface area contributed by atoms with Gasteiger partial charge in [-0.2, -0.15) is 0 Å². The van der Waals surface area contributed by atoms with E-state index < -0.39 is 5.91 Å². The van der Waals surface area contributed by atoms with Gasteiger partial charge in [0.05, 0.1) is 0 Å². The number of hydrogen-bond donors (Lipinski definition) is 1. The Balaban J connectivity index is 2.25. The molecule has 0 saturated carbocycles. The molecular weight excluding hydrogens is 202 g/mol. The first kappa shape index (κ1) is 10.7. The van der Waals surface area contributed by atoms with E-state index in [9.17, 15) is 4.79 Å². The number of primary amides is 1. The highest BCUT2D eigenvalue weighted by atomic mass is 16.5. The summed E-state index contributed by atoms with van der Waals surface area (Å²) in [5, 5.41) is 0. The Bertz CT molecular complexity index is 438. The maximum Gasteiger partial charge on any atom is 0.248 e. The highest BCUT2D eigenvalue weighted by Gasteiger charge is 2.18. The van der Waals surface area contributed by atoms with Crippen LogP contribution in [0.15, 0.2) is 30.4 Å². The molecule has 16 heavy (non-hydrogen) atoms. The molecule has 0 aliphatic carbocycles. The highest BCUT2D eigenvalue weighted by Crippen LogP contribution is 2.28. The molecule has 1 unspecified atom stereocenters. The fourth-order valence-corrected chi connectivity index (χ4v) is 1.91. The molecule has 1 atom stereocenters. The summed E-state index contributed by atoms with van der Waals surface area (Å²) in [6.45, 7) is 1.98. The van der Waals surface area contributed by atoms with Crippen molar-refractivity contribution in [2.45, 2.75) is 25.9 Å². The minimum atomic E-state index is -0.390. The quantitative estimate of drug-likeness (QED) is 0.771. The highest BCUT2D eigenvalue weighted by molar-refractivity contribution is 5.93. The van der Waals surface area contributed by atoms with Crippen LogP contribution in [0.4, 0.5) is 0 Å². The Kier molecular flexibility index (Phi) is 2.95. The van der Waals surface area contributed by atoms with Crippen LogP contribution in [0.1, 0.15) is 29.3 Å². The molecule has 0 radical (unpaired) electrons. The normalized spacial score (nSPS) is 19.2. The van der Waals surface area contributed by atoms with Gasteiger partial charge in [-0.1, -0.05) is 6.08 Å². The first-order valence-corrected chi connectivity index (χ1v) is 5.43. The SMILES string of the molecule is C/C=C/C1CCc2cc(C(N)=O)ccc2O1. The van der Waals surface area contributed by atoms with Crippen molar-refractivity contribution >= 4 is 5.91 Å². The molecule has 0 fully saturated rings. The molecule has 84 valence electrons. The molecule has 0 aromatic heterocycles. The fraction of sp³-hybridized carbons (Fsp3) is 0.308. The molecule has 1 aliphatic heterocycles. The van der Waals surface area contributed by atoms with Gasteiger partial charge < -0.3 is 10.5 Å². The summed E-state index contributed by atoms with van der Waals surface area (Å²) < 4.78 is 5.77. The number of allylic oxidation sites excluding steroid dienone is 1. The fourth-order valence-electron chi connectivity index (χ4n) is 1.91. The second-order valence-electron chi connectivity index (χ2n) is 3.91. The van der Waals surface area contributed by atoms with Crippen LogP contribution in [-0.2, 0) is 6.42 Å². The van der Waals surface area contributed by atoms with Gasteiger partial charge in [-0.05, 0) is 49.6 Å². The van der Waals surface area contributed by atoms with Gasteiger partial charge in [-0.15, -0.1) is 0 Å². The number of amides is 1. The first-order chi connectivity index (χ1) is 7.70. The average molecular weight is 217 g/mol. The minimum absolute atomic E-state index is 0.150. The zero-order chi connectivity index (χ0) is 11.5. The summed E-state index contributed by atoms with van der Waals surface area (Å²) in [5.74, 6) is 0.470. The molecule has 2 rings (SSSR count). The Hall–Kier alpha value is -1.77. The van der Waals surface area contributed by atoms with E-state index in [1.807, 2.05) is 31.2 Å². The molecule has 2 N–H and O–H groups in total. The third-order valence-electron chi connectivity index (χ3n) is 2.73. The van der Waals surface area contributed by atoms with Crippen molar-refractivity contribution in [1.29, 1.82) is 0 Å². The van der Waals surface area contributed by atoms with Crippen LogP contribution in [0, 0.1) is 0 Å². The van der Waals surface area contributed by atoms with Crippen LogP contribution in [-0.4, -0.2) is 12.0 Å². The third-order valence-corrected chi connectivity index (χ3v) is 2.73. The predicted octanol–water partition coefficient (Wildman–Crippen LogP) is 2.06. The number of aryl methyl sites for hydroxylation is 1. The van der Waals surface area contributed by atoms with Gasteiger partial charge in [0.1, 0.15) is 11.9 Å². The van der Waals surface area contributed by atoms with Crippen LogP contribution in [0.5, 0.6) is 5.75 Å². The molecule has 0 bridgehead atoms. The number of hydrogen-bond acceptors (Lipinski definition) is 2. The summed E-state index contributed by atoms with van der Waals surface area (Å²) >= 11 is 0. The van der Waals surface area contributed by atoms with Gasteiger partial charge >= 0.3 is 0 Å². The Morgan fingerprint density at radius 1 is 1.56 bits per heavy atom. The molecule has 0 spiro atoms. The Morgan fingerprint density at radius 2 is 2.38 bits per heavy atom. The van der Waals surface area contributed by atoms with Gasteiger partial charge in [-0.25, -0.2) is 0 Å². The van der Waals surface area contributed by atoms with Gasteiger partial charge in [0.25, 0.3) is 0 Å². The first-order valence-electron chi connectivity index (χ1n) is 5.43. The van der Waals surface area contributed by atoms with E-state index in [0.29, 0.717) is 5.56 Å². The molecule has 1 aliphatic rings. The topological polar surface area (TPSA) is 52.3 Å². The van der Waals surface area contributed by atoms with Crippen molar-refractivity contribution in [3.8, 4) is 5.75 Å². The molecule has 1 aromatic carbocycles. The summed E-state index contributed by atoms with van der Waals surface area (Å²) in [6.07, 6.45) is 6.06. The lowest BCUT2D eigenvalue weighted by Gasteiger charge is -2.24. The predicted molar refractivity (Wildman–Crippen MR) is 62.5 cm³/mol. The average Bonchev–Trinajstić information content (AvgIpc) is 2.28. The number of carbonyl (C=O) groups is 1. The summed E-state index contributed by atoms with van der Waals surface area (Å²) in [7, 11) is 0. The van der Waals surface area contributed by atoms with E-state index in [2.05, 4.69) is 0 Å². The molecule has 3 heteroatoms. The van der Waals surface area contributed by atoms with Crippen molar-refractivity contribution in [1.82, 2.24) is 0 Å². The summed E-state index contributed by atoms with van der Waals surface area (Å²) in [4.78, 5) is 11.0. The van der Waals surface area contributed by atoms with Crippen LogP contribution >= 0.6 is 0 Å². The standard InChI is InChI=1S/C13H15NO2/c1-2-3-11-6-4-9-8-10(13(14)15)5-7-12(9)16-11/h2-3,5,7-8,11H,4,6H2,1H3,(H2,14,15)/b3-2+. The van der Waals surface area contributed by atoms with Crippen molar-refractivity contribution < 1.29 is 9.53 Å². The van der Waals surface area contributed by atoms with Crippen LogP contribution in [0.25, 0.3) is 0 Å². The van der Waals surface area contributed by atoms with Crippen molar-refractivity contribution in [3.05, 3.63) is 41.5 Å². The second kappa shape index (κ2) is 4.39. The van der Waals surface area contributed by atoms with E-state index in [0.717, 1.165) is 24.2 Å². The van der Waals surface area contributed by atoms with E-state index in [4.69, 9.17) is 10.5 Å². The lowest BCUT2D eigenvalue weighted by Crippen LogP contribution is -2.21. The van der Waals surface area contributed by atoms with Gasteiger partial charge in [-0.3, -0.25) is 4.79 Å². The van der Waals surface area contributed by atoms with Crippen LogP contribution < -0.4 is 10.5 Å². The van der Waals surface area contributed by atoms with E-state index in [-0.39, 0.29) is 6.10 Å².